The van der Waals surface area contributed by atoms with E-state index in [2.05, 4.69) is 24.4 Å². The van der Waals surface area contributed by atoms with Gasteiger partial charge in [0.1, 0.15) is 5.60 Å². The quantitative estimate of drug-likeness (QED) is 0.782. The Bertz CT molecular complexity index is 465. The zero-order valence-electron chi connectivity index (χ0n) is 13.2. The normalized spacial score (nSPS) is 34.0. The lowest BCUT2D eigenvalue weighted by atomic mass is 9.47. The molecule has 21 heavy (non-hydrogen) atoms. The summed E-state index contributed by atoms with van der Waals surface area (Å²) in [6.45, 7) is 7.86. The van der Waals surface area contributed by atoms with E-state index < -0.39 is 17.7 Å². The van der Waals surface area contributed by atoms with Gasteiger partial charge in [0, 0.05) is 12.0 Å². The molecule has 2 N–H and O–H groups in total. The van der Waals surface area contributed by atoms with Crippen LogP contribution in [0.15, 0.2) is 12.2 Å². The molecule has 5 nitrogen and oxygen atoms in total. The number of alkyl carbamates (subject to hydrolysis) is 1. The molecule has 1 saturated carbocycles. The van der Waals surface area contributed by atoms with Crippen molar-refractivity contribution in [1.82, 2.24) is 5.32 Å². The first-order valence-corrected chi connectivity index (χ1v) is 7.51. The smallest absolute Gasteiger partial charge is 0.407 e. The number of rotatable bonds is 4. The second kappa shape index (κ2) is 5.35. The molecule has 0 spiro atoms. The fraction of sp³-hybridized carbons (Fsp3) is 0.750. The molecule has 4 atom stereocenters. The van der Waals surface area contributed by atoms with Gasteiger partial charge in [-0.05, 0) is 44.9 Å². The molecule has 0 aromatic heterocycles. The Kier molecular flexibility index (Phi) is 4.04. The SMILES string of the molecule is CC1[C@H]2CC=C[C@H]2C1(CNC(=O)OC(C)(C)C)CC(=O)O. The number of carbonyl (C=O) groups excluding carboxylic acids is 1. The number of ether oxygens (including phenoxy) is 1. The molecule has 0 bridgehead atoms. The zero-order chi connectivity index (χ0) is 15.8. The van der Waals surface area contributed by atoms with Crippen molar-refractivity contribution >= 4 is 12.1 Å². The van der Waals surface area contributed by atoms with Gasteiger partial charge in [0.15, 0.2) is 0 Å². The Morgan fingerprint density at radius 3 is 2.67 bits per heavy atom. The summed E-state index contributed by atoms with van der Waals surface area (Å²) in [7, 11) is 0. The molecule has 5 heteroatoms. The Labute approximate surface area is 125 Å². The minimum Gasteiger partial charge on any atom is -0.481 e. The predicted octanol–water partition coefficient (Wildman–Crippen LogP) is 2.81. The predicted molar refractivity (Wildman–Crippen MR) is 78.8 cm³/mol. The van der Waals surface area contributed by atoms with E-state index in [0.29, 0.717) is 12.5 Å². The maximum atomic E-state index is 11.8. The van der Waals surface area contributed by atoms with Crippen molar-refractivity contribution in [2.45, 2.75) is 46.1 Å². The van der Waals surface area contributed by atoms with E-state index in [-0.39, 0.29) is 23.7 Å². The van der Waals surface area contributed by atoms with Crippen LogP contribution >= 0.6 is 0 Å². The lowest BCUT2D eigenvalue weighted by molar-refractivity contribution is -0.151. The van der Waals surface area contributed by atoms with Crippen LogP contribution in [-0.2, 0) is 9.53 Å². The number of amides is 1. The van der Waals surface area contributed by atoms with Gasteiger partial charge in [0.2, 0.25) is 0 Å². The third-order valence-corrected chi connectivity index (χ3v) is 4.87. The molecule has 2 unspecified atom stereocenters. The molecule has 118 valence electrons. The van der Waals surface area contributed by atoms with Crippen LogP contribution < -0.4 is 5.32 Å². The maximum Gasteiger partial charge on any atom is 0.407 e. The minimum absolute atomic E-state index is 0.0788. The Morgan fingerprint density at radius 1 is 1.43 bits per heavy atom. The molecular weight excluding hydrogens is 270 g/mol. The number of carboxylic acid groups (broad SMARTS) is 1. The number of fused-ring (bicyclic) bond motifs is 1. The first-order valence-electron chi connectivity index (χ1n) is 7.51. The fourth-order valence-electron chi connectivity index (χ4n) is 3.87. The standard InChI is InChI=1S/C16H25NO4/c1-10-11-6-5-7-12(11)16(10,8-13(18)19)9-17-14(20)21-15(2,3)4/h5,7,10-12H,6,8-9H2,1-4H3,(H,17,20)(H,18,19)/t10?,11-,12-,16?/m1/s1. The molecule has 0 aliphatic heterocycles. The van der Waals surface area contributed by atoms with E-state index in [4.69, 9.17) is 4.74 Å². The molecule has 2 aliphatic carbocycles. The summed E-state index contributed by atoms with van der Waals surface area (Å²) in [5.41, 5.74) is -0.939. The highest BCUT2D eigenvalue weighted by Gasteiger charge is 2.60. The molecule has 0 aromatic rings. The monoisotopic (exact) mass is 295 g/mol. The van der Waals surface area contributed by atoms with Crippen molar-refractivity contribution in [3.63, 3.8) is 0 Å². The van der Waals surface area contributed by atoms with E-state index in [0.717, 1.165) is 6.42 Å². The van der Waals surface area contributed by atoms with Gasteiger partial charge in [-0.25, -0.2) is 4.79 Å². The molecule has 1 fully saturated rings. The Balaban J connectivity index is 2.03. The van der Waals surface area contributed by atoms with E-state index >= 15 is 0 Å². The third kappa shape index (κ3) is 3.06. The van der Waals surface area contributed by atoms with E-state index in [1.165, 1.54) is 0 Å². The summed E-state index contributed by atoms with van der Waals surface area (Å²) in [4.78, 5) is 23.1. The number of hydrogen-bond acceptors (Lipinski definition) is 3. The molecule has 0 aromatic carbocycles. The molecular formula is C16H25NO4. The van der Waals surface area contributed by atoms with E-state index in [1.54, 1.807) is 20.8 Å². The second-order valence-electron chi connectivity index (χ2n) is 7.30. The van der Waals surface area contributed by atoms with Crippen LogP contribution in [0.2, 0.25) is 0 Å². The number of allylic oxidation sites excluding steroid dienone is 2. The summed E-state index contributed by atoms with van der Waals surface area (Å²) >= 11 is 0. The molecule has 2 rings (SSSR count). The van der Waals surface area contributed by atoms with Crippen LogP contribution in [0.4, 0.5) is 4.79 Å². The highest BCUT2D eigenvalue weighted by atomic mass is 16.6. The van der Waals surface area contributed by atoms with Crippen molar-refractivity contribution in [3.8, 4) is 0 Å². The van der Waals surface area contributed by atoms with Crippen molar-refractivity contribution < 1.29 is 19.4 Å². The lowest BCUT2D eigenvalue weighted by Gasteiger charge is -2.57. The van der Waals surface area contributed by atoms with Gasteiger partial charge >= 0.3 is 12.1 Å². The largest absolute Gasteiger partial charge is 0.481 e. The first kappa shape index (κ1) is 15.9. The van der Waals surface area contributed by atoms with E-state index in [1.807, 2.05) is 0 Å². The van der Waals surface area contributed by atoms with Crippen molar-refractivity contribution in [2.75, 3.05) is 6.54 Å². The summed E-state index contributed by atoms with van der Waals surface area (Å²) in [6.07, 6.45) is 4.85. The summed E-state index contributed by atoms with van der Waals surface area (Å²) < 4.78 is 5.24. The van der Waals surface area contributed by atoms with Crippen molar-refractivity contribution in [1.29, 1.82) is 0 Å². The van der Waals surface area contributed by atoms with Crippen LogP contribution in [-0.4, -0.2) is 29.3 Å². The van der Waals surface area contributed by atoms with Gasteiger partial charge in [-0.3, -0.25) is 4.79 Å². The van der Waals surface area contributed by atoms with Crippen LogP contribution in [0.5, 0.6) is 0 Å². The van der Waals surface area contributed by atoms with Crippen molar-refractivity contribution in [3.05, 3.63) is 12.2 Å². The van der Waals surface area contributed by atoms with Crippen LogP contribution in [0.25, 0.3) is 0 Å². The lowest BCUT2D eigenvalue weighted by Crippen LogP contribution is -2.59. The van der Waals surface area contributed by atoms with Gasteiger partial charge in [-0.15, -0.1) is 0 Å². The zero-order valence-corrected chi connectivity index (χ0v) is 13.2. The molecule has 1 amide bonds. The maximum absolute atomic E-state index is 11.8. The van der Waals surface area contributed by atoms with Crippen LogP contribution in [0.3, 0.4) is 0 Å². The molecule has 0 saturated heterocycles. The number of hydrogen-bond donors (Lipinski definition) is 2. The Hall–Kier alpha value is -1.52. The number of aliphatic carboxylic acids is 1. The summed E-state index contributed by atoms with van der Waals surface area (Å²) in [5, 5.41) is 12.0. The first-order chi connectivity index (χ1) is 9.66. The Morgan fingerprint density at radius 2 is 2.10 bits per heavy atom. The molecule has 2 aliphatic rings. The highest BCUT2D eigenvalue weighted by Crippen LogP contribution is 2.61. The van der Waals surface area contributed by atoms with Gasteiger partial charge in [-0.2, -0.15) is 0 Å². The average Bonchev–Trinajstić information content (AvgIpc) is 2.77. The van der Waals surface area contributed by atoms with Gasteiger partial charge in [0.25, 0.3) is 0 Å². The highest BCUT2D eigenvalue weighted by molar-refractivity contribution is 5.70. The number of nitrogens with one attached hydrogen (secondary N) is 1. The average molecular weight is 295 g/mol. The topological polar surface area (TPSA) is 75.6 Å². The molecule has 0 radical (unpaired) electrons. The summed E-state index contributed by atoms with van der Waals surface area (Å²) in [6, 6.07) is 0. The molecule has 0 heterocycles. The van der Waals surface area contributed by atoms with E-state index in [9.17, 15) is 14.7 Å². The van der Waals surface area contributed by atoms with Crippen molar-refractivity contribution in [2.24, 2.45) is 23.2 Å². The van der Waals surface area contributed by atoms with Gasteiger partial charge in [-0.1, -0.05) is 19.1 Å². The number of carbonyl (C=O) groups is 2. The van der Waals surface area contributed by atoms with Crippen LogP contribution in [0.1, 0.15) is 40.5 Å². The second-order valence-corrected chi connectivity index (χ2v) is 7.30. The van der Waals surface area contributed by atoms with Gasteiger partial charge in [0.05, 0.1) is 6.42 Å². The minimum atomic E-state index is -0.813. The van der Waals surface area contributed by atoms with Gasteiger partial charge < -0.3 is 15.2 Å². The third-order valence-electron chi connectivity index (χ3n) is 4.87. The van der Waals surface area contributed by atoms with Crippen LogP contribution in [0, 0.1) is 23.2 Å². The fourth-order valence-corrected chi connectivity index (χ4v) is 3.87. The number of carboxylic acids is 1. The summed E-state index contributed by atoms with van der Waals surface area (Å²) in [5.74, 6) is 0.235.